The van der Waals surface area contributed by atoms with E-state index in [4.69, 9.17) is 9.47 Å². The van der Waals surface area contributed by atoms with E-state index in [0.29, 0.717) is 0 Å². The molecule has 188 valence electrons. The first kappa shape index (κ1) is 24.8. The summed E-state index contributed by atoms with van der Waals surface area (Å²) in [6, 6.07) is 9.06. The van der Waals surface area contributed by atoms with Gasteiger partial charge in [-0.2, -0.15) is 5.10 Å². The molecule has 0 radical (unpaired) electrons. The Morgan fingerprint density at radius 2 is 1.86 bits per heavy atom. The lowest BCUT2D eigenvalue weighted by Crippen LogP contribution is -2.64. The van der Waals surface area contributed by atoms with Gasteiger partial charge in [0, 0.05) is 18.7 Å². The van der Waals surface area contributed by atoms with Gasteiger partial charge in [-0.25, -0.2) is 4.79 Å². The molecular formula is C26H34N4O5. The lowest BCUT2D eigenvalue weighted by Gasteiger charge is -2.44. The predicted molar refractivity (Wildman–Crippen MR) is 129 cm³/mol. The molecule has 1 atom stereocenters. The van der Waals surface area contributed by atoms with Crippen LogP contribution in [0.15, 0.2) is 30.3 Å². The highest BCUT2D eigenvalue weighted by atomic mass is 16.5. The van der Waals surface area contributed by atoms with Crippen LogP contribution in [0.5, 0.6) is 5.75 Å². The largest absolute Gasteiger partial charge is 0.491 e. The van der Waals surface area contributed by atoms with Gasteiger partial charge in [0.15, 0.2) is 5.69 Å². The van der Waals surface area contributed by atoms with E-state index in [1.807, 2.05) is 38.1 Å². The van der Waals surface area contributed by atoms with Crippen LogP contribution in [0.4, 0.5) is 0 Å². The van der Waals surface area contributed by atoms with E-state index in [-0.39, 0.29) is 48.4 Å². The standard InChI is InChI=1S/C26H34N4O5/c1-17(2)35-20-12-10-18(11-13-20)15-29-23(31)22-14-21(24(32)34-4)28-30(22)16-26(29,3)25(33)27-19-8-6-5-7-9-19/h10-14,17,19H,5-9,15-16H2,1-4H3,(H,27,33)/t26-/m1/s1. The highest BCUT2D eigenvalue weighted by molar-refractivity contribution is 6.01. The van der Waals surface area contributed by atoms with Gasteiger partial charge in [0.05, 0.1) is 19.8 Å². The van der Waals surface area contributed by atoms with Gasteiger partial charge >= 0.3 is 5.97 Å². The lowest BCUT2D eigenvalue weighted by atomic mass is 9.91. The zero-order valence-corrected chi connectivity index (χ0v) is 20.9. The summed E-state index contributed by atoms with van der Waals surface area (Å²) < 4.78 is 12.0. The zero-order chi connectivity index (χ0) is 25.2. The lowest BCUT2D eigenvalue weighted by molar-refractivity contribution is -0.134. The van der Waals surface area contributed by atoms with Crippen molar-refractivity contribution < 1.29 is 23.9 Å². The molecule has 2 aromatic rings. The van der Waals surface area contributed by atoms with E-state index in [9.17, 15) is 14.4 Å². The fourth-order valence-corrected chi connectivity index (χ4v) is 4.81. The molecule has 9 heteroatoms. The van der Waals surface area contributed by atoms with Gasteiger partial charge in [-0.15, -0.1) is 0 Å². The quantitative estimate of drug-likeness (QED) is 0.608. The van der Waals surface area contributed by atoms with Crippen LogP contribution in [0.1, 0.15) is 79.4 Å². The van der Waals surface area contributed by atoms with Crippen molar-refractivity contribution in [3.8, 4) is 5.75 Å². The fourth-order valence-electron chi connectivity index (χ4n) is 4.81. The number of aromatic nitrogens is 2. The number of ether oxygens (including phenoxy) is 2. The highest BCUT2D eigenvalue weighted by Crippen LogP contribution is 2.31. The third-order valence-corrected chi connectivity index (χ3v) is 6.76. The molecule has 0 unspecified atom stereocenters. The highest BCUT2D eigenvalue weighted by Gasteiger charge is 2.48. The van der Waals surface area contributed by atoms with Crippen LogP contribution in [0.3, 0.4) is 0 Å². The number of nitrogens with one attached hydrogen (secondary N) is 1. The predicted octanol–water partition coefficient (Wildman–Crippen LogP) is 3.32. The summed E-state index contributed by atoms with van der Waals surface area (Å²) in [5, 5.41) is 7.46. The van der Waals surface area contributed by atoms with Crippen molar-refractivity contribution in [1.82, 2.24) is 20.0 Å². The minimum absolute atomic E-state index is 0.0444. The van der Waals surface area contributed by atoms with Gasteiger partial charge in [-0.3, -0.25) is 14.3 Å². The molecule has 1 aromatic carbocycles. The minimum atomic E-state index is -1.19. The number of carbonyl (C=O) groups excluding carboxylic acids is 3. The third-order valence-electron chi connectivity index (χ3n) is 6.76. The van der Waals surface area contributed by atoms with Crippen LogP contribution in [0, 0.1) is 0 Å². The van der Waals surface area contributed by atoms with Gasteiger partial charge < -0.3 is 19.7 Å². The van der Waals surface area contributed by atoms with Gasteiger partial charge in [0.2, 0.25) is 5.91 Å². The van der Waals surface area contributed by atoms with Crippen molar-refractivity contribution in [1.29, 1.82) is 0 Å². The fraction of sp³-hybridized carbons (Fsp3) is 0.538. The number of hydrogen-bond donors (Lipinski definition) is 1. The molecule has 0 spiro atoms. The number of amides is 2. The summed E-state index contributed by atoms with van der Waals surface area (Å²) in [4.78, 5) is 41.0. The molecule has 1 aliphatic heterocycles. The van der Waals surface area contributed by atoms with Gasteiger partial charge in [0.25, 0.3) is 5.91 Å². The molecule has 0 saturated heterocycles. The molecule has 1 N–H and O–H groups in total. The second-order valence-corrected chi connectivity index (χ2v) is 9.85. The Morgan fingerprint density at radius 1 is 1.17 bits per heavy atom. The normalized spacial score (nSPS) is 20.5. The third kappa shape index (κ3) is 5.18. The number of hydrogen-bond acceptors (Lipinski definition) is 6. The van der Waals surface area contributed by atoms with Gasteiger partial charge in [0.1, 0.15) is 17.0 Å². The van der Waals surface area contributed by atoms with Gasteiger partial charge in [-0.1, -0.05) is 31.4 Å². The van der Waals surface area contributed by atoms with E-state index in [1.54, 1.807) is 11.8 Å². The molecule has 35 heavy (non-hydrogen) atoms. The van der Waals surface area contributed by atoms with E-state index in [0.717, 1.165) is 37.0 Å². The van der Waals surface area contributed by atoms with Crippen molar-refractivity contribution in [3.05, 3.63) is 47.3 Å². The smallest absolute Gasteiger partial charge is 0.358 e. The second-order valence-electron chi connectivity index (χ2n) is 9.85. The maximum atomic E-state index is 13.7. The van der Waals surface area contributed by atoms with E-state index in [1.165, 1.54) is 24.3 Å². The first-order valence-corrected chi connectivity index (χ1v) is 12.3. The molecule has 2 aliphatic rings. The van der Waals surface area contributed by atoms with Gasteiger partial charge in [-0.05, 0) is 51.3 Å². The van der Waals surface area contributed by atoms with Crippen LogP contribution >= 0.6 is 0 Å². The Bertz CT molecular complexity index is 1090. The summed E-state index contributed by atoms with van der Waals surface area (Å²) in [7, 11) is 1.27. The summed E-state index contributed by atoms with van der Waals surface area (Å²) in [5.74, 6) is -0.450. The molecule has 1 aliphatic carbocycles. The number of benzene rings is 1. The summed E-state index contributed by atoms with van der Waals surface area (Å²) >= 11 is 0. The average molecular weight is 483 g/mol. The first-order valence-electron chi connectivity index (χ1n) is 12.3. The van der Waals surface area contributed by atoms with Crippen LogP contribution in [0.2, 0.25) is 0 Å². The van der Waals surface area contributed by atoms with E-state index in [2.05, 4.69) is 10.4 Å². The molecule has 1 saturated carbocycles. The second kappa shape index (κ2) is 10.1. The topological polar surface area (TPSA) is 103 Å². The number of methoxy groups -OCH3 is 1. The Kier molecular flexibility index (Phi) is 7.14. The van der Waals surface area contributed by atoms with Crippen LogP contribution < -0.4 is 10.1 Å². The van der Waals surface area contributed by atoms with Crippen LogP contribution in [-0.4, -0.2) is 57.3 Å². The van der Waals surface area contributed by atoms with Crippen molar-refractivity contribution in [2.75, 3.05) is 7.11 Å². The maximum Gasteiger partial charge on any atom is 0.358 e. The van der Waals surface area contributed by atoms with Crippen LogP contribution in [-0.2, 0) is 22.6 Å². The number of carbonyl (C=O) groups is 3. The number of fused-ring (bicyclic) bond motifs is 1. The monoisotopic (exact) mass is 482 g/mol. The molecule has 2 amide bonds. The Morgan fingerprint density at radius 3 is 2.49 bits per heavy atom. The van der Waals surface area contributed by atoms with Crippen molar-refractivity contribution in [2.45, 2.75) is 83.6 Å². The average Bonchev–Trinajstić information content (AvgIpc) is 3.26. The number of esters is 1. The van der Waals surface area contributed by atoms with Crippen molar-refractivity contribution in [2.24, 2.45) is 0 Å². The number of nitrogens with zero attached hydrogens (tertiary/aromatic N) is 3. The van der Waals surface area contributed by atoms with Crippen molar-refractivity contribution >= 4 is 17.8 Å². The molecule has 1 aromatic heterocycles. The Hall–Kier alpha value is -3.36. The summed E-state index contributed by atoms with van der Waals surface area (Å²) in [6.07, 6.45) is 5.28. The van der Waals surface area contributed by atoms with E-state index < -0.39 is 11.5 Å². The molecule has 2 heterocycles. The molecule has 1 fully saturated rings. The van der Waals surface area contributed by atoms with E-state index >= 15 is 0 Å². The minimum Gasteiger partial charge on any atom is -0.491 e. The van der Waals surface area contributed by atoms with Crippen molar-refractivity contribution in [3.63, 3.8) is 0 Å². The molecular weight excluding hydrogens is 448 g/mol. The summed E-state index contributed by atoms with van der Waals surface area (Å²) in [6.45, 7) is 6.05. The first-order chi connectivity index (χ1) is 16.7. The molecule has 0 bridgehead atoms. The zero-order valence-electron chi connectivity index (χ0n) is 20.9. The number of rotatable bonds is 7. The molecule has 9 nitrogen and oxygen atoms in total. The van der Waals surface area contributed by atoms with Crippen LogP contribution in [0.25, 0.3) is 0 Å². The SMILES string of the molecule is COC(=O)c1cc2n(n1)C[C@](C)(C(=O)NC1CCCCC1)N(Cc1ccc(OC(C)C)cc1)C2=O. The molecule has 4 rings (SSSR count). The Balaban J connectivity index is 1.65. The summed E-state index contributed by atoms with van der Waals surface area (Å²) in [5.41, 5.74) is -0.0167. The Labute approximate surface area is 205 Å². The maximum absolute atomic E-state index is 13.7.